The molecule has 0 radical (unpaired) electrons. The van der Waals surface area contributed by atoms with Gasteiger partial charge in [0.05, 0.1) is 19.3 Å². The molecule has 0 spiro atoms. The van der Waals surface area contributed by atoms with E-state index in [2.05, 4.69) is 22.7 Å². The van der Waals surface area contributed by atoms with Gasteiger partial charge in [0.25, 0.3) is 0 Å². The van der Waals surface area contributed by atoms with E-state index in [0.717, 1.165) is 35.7 Å². The maximum Gasteiger partial charge on any atom is 0.214 e. The second-order valence-corrected chi connectivity index (χ2v) is 11.9. The lowest BCUT2D eigenvalue weighted by molar-refractivity contribution is -0.637. The number of benzene rings is 1. The lowest BCUT2D eigenvalue weighted by atomic mass is 10.1. The van der Waals surface area contributed by atoms with Gasteiger partial charge in [0.1, 0.15) is 18.2 Å². The standard InChI is InChI=1S/C26H34F2N6O4S/c1-4-9-39-25-30-23(29-17-11-14(17)13-5-6-15(27)16(28)10-13)20-24(31-25)34(33-32-20)18-12-19(36-8-7-35)22-21(18)37-26(2,3)38-22/h5-6,10,14,17-19,21-22,32-33,35H,4,7-9,11-12H2,1-3H3,(H,29,30,31)/p+1/t14-,17+,18+,19-,21-,22+/m0/s1. The summed E-state index contributed by atoms with van der Waals surface area (Å²) in [5, 5.41) is 15.6. The predicted octanol–water partition coefficient (Wildman–Crippen LogP) is 2.52. The van der Waals surface area contributed by atoms with Crippen molar-refractivity contribution in [3.8, 4) is 0 Å². The molecule has 2 saturated carbocycles. The third-order valence-corrected chi connectivity index (χ3v) is 8.60. The Kier molecular flexibility index (Phi) is 7.31. The summed E-state index contributed by atoms with van der Waals surface area (Å²) in [7, 11) is 0. The monoisotopic (exact) mass is 565 g/mol. The van der Waals surface area contributed by atoms with E-state index in [9.17, 15) is 13.9 Å². The second kappa shape index (κ2) is 10.6. The number of hydrogen-bond donors (Lipinski definition) is 4. The highest BCUT2D eigenvalue weighted by Crippen LogP contribution is 2.47. The van der Waals surface area contributed by atoms with Gasteiger partial charge in [-0.15, -0.1) is 5.53 Å². The number of fused-ring (bicyclic) bond motifs is 2. The molecule has 4 aliphatic rings. The number of nitrogens with one attached hydrogen (secondary N) is 2. The van der Waals surface area contributed by atoms with Crippen molar-refractivity contribution in [2.75, 3.05) is 34.7 Å². The highest BCUT2D eigenvalue weighted by Gasteiger charge is 2.58. The second-order valence-electron chi connectivity index (χ2n) is 10.8. The molecule has 1 aromatic heterocycles. The summed E-state index contributed by atoms with van der Waals surface area (Å²) in [5.41, 5.74) is 6.79. The Bertz CT molecular complexity index is 1230. The average molecular weight is 566 g/mol. The molecule has 0 bridgehead atoms. The summed E-state index contributed by atoms with van der Waals surface area (Å²) in [4.78, 5) is 9.73. The van der Waals surface area contributed by atoms with Crippen LogP contribution in [0.2, 0.25) is 0 Å². The molecule has 39 heavy (non-hydrogen) atoms. The highest BCUT2D eigenvalue weighted by molar-refractivity contribution is 7.99. The molecule has 6 rings (SSSR count). The average Bonchev–Trinajstić information content (AvgIpc) is 3.24. The molecule has 6 atom stereocenters. The van der Waals surface area contributed by atoms with Crippen LogP contribution >= 0.6 is 11.8 Å². The van der Waals surface area contributed by atoms with Crippen LogP contribution in [0.5, 0.6) is 0 Å². The van der Waals surface area contributed by atoms with Crippen molar-refractivity contribution >= 4 is 29.1 Å². The van der Waals surface area contributed by atoms with Crippen molar-refractivity contribution in [1.82, 2.24) is 9.97 Å². The number of quaternary nitrogens is 1. The fourth-order valence-electron chi connectivity index (χ4n) is 5.75. The number of nitrogens with zero attached hydrogens (tertiary/aromatic N) is 3. The smallest absolute Gasteiger partial charge is 0.214 e. The van der Waals surface area contributed by atoms with E-state index < -0.39 is 17.4 Å². The van der Waals surface area contributed by atoms with E-state index in [1.54, 1.807) is 17.8 Å². The zero-order valence-electron chi connectivity index (χ0n) is 22.2. The summed E-state index contributed by atoms with van der Waals surface area (Å²) < 4.78 is 45.7. The number of aromatic nitrogens is 2. The summed E-state index contributed by atoms with van der Waals surface area (Å²) >= 11 is 1.59. The first-order chi connectivity index (χ1) is 18.8. The summed E-state index contributed by atoms with van der Waals surface area (Å²) in [6.45, 7) is 6.08. The number of anilines is 3. The van der Waals surface area contributed by atoms with Gasteiger partial charge in [-0.1, -0.05) is 24.8 Å². The molecule has 2 aromatic rings. The number of nitrogens with two attached hydrogens (primary N) is 1. The van der Waals surface area contributed by atoms with Gasteiger partial charge in [0, 0.05) is 24.1 Å². The number of nitrogen functional groups attached to an aromatic ring is 1. The van der Waals surface area contributed by atoms with E-state index >= 15 is 0 Å². The Morgan fingerprint density at radius 3 is 2.82 bits per heavy atom. The molecule has 3 heterocycles. The van der Waals surface area contributed by atoms with Crippen molar-refractivity contribution < 1.29 is 33.6 Å². The van der Waals surface area contributed by atoms with Crippen LogP contribution in [0.25, 0.3) is 0 Å². The van der Waals surface area contributed by atoms with E-state index in [4.69, 9.17) is 24.2 Å². The Morgan fingerprint density at radius 1 is 1.23 bits per heavy atom. The molecule has 10 nitrogen and oxygen atoms in total. The van der Waals surface area contributed by atoms with Crippen LogP contribution in [-0.4, -0.2) is 70.2 Å². The van der Waals surface area contributed by atoms with Crippen molar-refractivity contribution in [3.63, 3.8) is 0 Å². The number of halogens is 2. The molecular formula is C26H35F2N6O4S+. The van der Waals surface area contributed by atoms with Gasteiger partial charge in [0.15, 0.2) is 34.1 Å². The Balaban J connectivity index is 1.26. The molecule has 2 aliphatic carbocycles. The zero-order valence-corrected chi connectivity index (χ0v) is 23.0. The first kappa shape index (κ1) is 26.9. The van der Waals surface area contributed by atoms with E-state index in [1.165, 1.54) is 12.1 Å². The van der Waals surface area contributed by atoms with Crippen molar-refractivity contribution in [2.45, 2.75) is 87.3 Å². The summed E-state index contributed by atoms with van der Waals surface area (Å²) in [6, 6.07) is 4.05. The molecule has 13 heteroatoms. The normalized spacial score (nSPS) is 30.3. The SMILES string of the molecule is CCCSc1nc(N[C@@H]2C[C@H]2c2ccc(F)c(F)c2)c2c(n1)N([C@@H]1C[C@H](OCCO)[C@H]3OC(C)(C)O[C@H]31)[NH2+]N2. The van der Waals surface area contributed by atoms with Crippen LogP contribution in [0, 0.1) is 11.6 Å². The van der Waals surface area contributed by atoms with Crippen LogP contribution < -0.4 is 21.3 Å². The molecular weight excluding hydrogens is 530 g/mol. The van der Waals surface area contributed by atoms with Gasteiger partial charge in [-0.2, -0.15) is 9.99 Å². The zero-order chi connectivity index (χ0) is 27.3. The predicted molar refractivity (Wildman–Crippen MR) is 141 cm³/mol. The summed E-state index contributed by atoms with van der Waals surface area (Å²) in [5.74, 6) is -0.0318. The van der Waals surface area contributed by atoms with Gasteiger partial charge in [-0.05, 0) is 44.4 Å². The highest BCUT2D eigenvalue weighted by atomic mass is 32.2. The van der Waals surface area contributed by atoms with E-state index in [-0.39, 0.29) is 49.5 Å². The minimum atomic E-state index is -0.840. The van der Waals surface area contributed by atoms with Crippen molar-refractivity contribution in [2.24, 2.45) is 0 Å². The van der Waals surface area contributed by atoms with Crippen LogP contribution in [0.15, 0.2) is 23.4 Å². The molecule has 212 valence electrons. The summed E-state index contributed by atoms with van der Waals surface area (Å²) in [6.07, 6.45) is 1.71. The number of aliphatic hydroxyl groups excluding tert-OH is 1. The number of hydrogen-bond acceptors (Lipinski definition) is 10. The van der Waals surface area contributed by atoms with Gasteiger partial charge in [-0.3, -0.25) is 0 Å². The topological polar surface area (TPSA) is 118 Å². The molecule has 2 aliphatic heterocycles. The minimum Gasteiger partial charge on any atom is -0.394 e. The van der Waals surface area contributed by atoms with Crippen molar-refractivity contribution in [3.05, 3.63) is 35.4 Å². The first-order valence-corrected chi connectivity index (χ1v) is 14.5. The van der Waals surface area contributed by atoms with Crippen LogP contribution in [-0.2, 0) is 14.2 Å². The van der Waals surface area contributed by atoms with Gasteiger partial charge < -0.3 is 24.6 Å². The fourth-order valence-corrected chi connectivity index (χ4v) is 6.44. The molecule has 1 saturated heterocycles. The number of ether oxygens (including phenoxy) is 3. The van der Waals surface area contributed by atoms with Gasteiger partial charge in [0.2, 0.25) is 5.82 Å². The Morgan fingerprint density at radius 2 is 2.05 bits per heavy atom. The maximum atomic E-state index is 13.8. The van der Waals surface area contributed by atoms with Crippen LogP contribution in [0.3, 0.4) is 0 Å². The lowest BCUT2D eigenvalue weighted by Gasteiger charge is -2.27. The molecule has 0 amide bonds. The largest absolute Gasteiger partial charge is 0.394 e. The van der Waals surface area contributed by atoms with Gasteiger partial charge in [-0.25, -0.2) is 19.2 Å². The Labute approximate surface area is 230 Å². The number of thioether (sulfide) groups is 1. The maximum absolute atomic E-state index is 13.8. The fraction of sp³-hybridized carbons (Fsp3) is 0.615. The molecule has 1 aromatic carbocycles. The first-order valence-electron chi connectivity index (χ1n) is 13.5. The van der Waals surface area contributed by atoms with Crippen LogP contribution in [0.4, 0.5) is 26.1 Å². The van der Waals surface area contributed by atoms with Gasteiger partial charge >= 0.3 is 0 Å². The van der Waals surface area contributed by atoms with Crippen molar-refractivity contribution in [1.29, 1.82) is 0 Å². The molecule has 3 fully saturated rings. The number of rotatable bonds is 10. The third kappa shape index (κ3) is 5.27. The Hall–Kier alpha value is -2.29. The number of aliphatic hydroxyl groups is 1. The minimum absolute atomic E-state index is 0.0493. The molecule has 5 N–H and O–H groups in total. The van der Waals surface area contributed by atoms with E-state index in [1.807, 2.05) is 19.4 Å². The van der Waals surface area contributed by atoms with Crippen LogP contribution in [0.1, 0.15) is 51.5 Å². The van der Waals surface area contributed by atoms with E-state index in [0.29, 0.717) is 17.4 Å². The quantitative estimate of drug-likeness (QED) is 0.195. The lowest BCUT2D eigenvalue weighted by Crippen LogP contribution is -2.97. The third-order valence-electron chi connectivity index (χ3n) is 7.55. The molecule has 0 unspecified atom stereocenters.